The summed E-state index contributed by atoms with van der Waals surface area (Å²) >= 11 is 7.32. The Balaban J connectivity index is 1.68. The molecule has 0 bridgehead atoms. The standard InChI is InChI=1S/C19H15ClFN3O3S/c1-27-16-9-12(4-7-15(16)25)8-14(20)18-23-24-19(28-18)17(26)22-10-11-2-5-13(21)6-3-11/h2-9,25H,10H2,1H3,(H,22,26)/b14-8+. The van der Waals surface area contributed by atoms with Crippen molar-refractivity contribution in [3.63, 3.8) is 0 Å². The number of amides is 1. The second-order valence-electron chi connectivity index (χ2n) is 5.65. The molecule has 2 aromatic carbocycles. The number of carbonyl (C=O) groups excluding carboxylic acids is 1. The zero-order valence-electron chi connectivity index (χ0n) is 14.6. The van der Waals surface area contributed by atoms with E-state index >= 15 is 0 Å². The first kappa shape index (κ1) is 19.8. The van der Waals surface area contributed by atoms with E-state index in [2.05, 4.69) is 15.5 Å². The van der Waals surface area contributed by atoms with Gasteiger partial charge in [0, 0.05) is 6.54 Å². The zero-order valence-corrected chi connectivity index (χ0v) is 16.2. The van der Waals surface area contributed by atoms with Crippen molar-refractivity contribution in [1.82, 2.24) is 15.5 Å². The minimum absolute atomic E-state index is 0.0202. The van der Waals surface area contributed by atoms with Crippen molar-refractivity contribution in [2.45, 2.75) is 6.54 Å². The van der Waals surface area contributed by atoms with E-state index in [9.17, 15) is 14.3 Å². The van der Waals surface area contributed by atoms with Gasteiger partial charge in [0.1, 0.15) is 5.82 Å². The monoisotopic (exact) mass is 419 g/mol. The first-order valence-corrected chi connectivity index (χ1v) is 9.26. The van der Waals surface area contributed by atoms with Gasteiger partial charge in [0.2, 0.25) is 5.01 Å². The molecule has 0 aliphatic carbocycles. The van der Waals surface area contributed by atoms with Crippen LogP contribution in [-0.4, -0.2) is 28.3 Å². The summed E-state index contributed by atoms with van der Waals surface area (Å²) < 4.78 is 18.0. The summed E-state index contributed by atoms with van der Waals surface area (Å²) in [6.45, 7) is 0.241. The Morgan fingerprint density at radius 1 is 1.25 bits per heavy atom. The normalized spacial score (nSPS) is 11.3. The summed E-state index contributed by atoms with van der Waals surface area (Å²) in [5.74, 6) is -0.400. The van der Waals surface area contributed by atoms with Crippen LogP contribution in [0.5, 0.6) is 11.5 Å². The highest BCUT2D eigenvalue weighted by atomic mass is 35.5. The SMILES string of the molecule is COc1cc(/C=C(/Cl)c2nnc(C(=O)NCc3ccc(F)cc3)s2)ccc1O. The molecule has 0 atom stereocenters. The maximum Gasteiger partial charge on any atom is 0.282 e. The molecule has 0 saturated carbocycles. The average Bonchev–Trinajstić information content (AvgIpc) is 3.19. The van der Waals surface area contributed by atoms with Crippen molar-refractivity contribution in [3.05, 3.63) is 69.4 Å². The number of methoxy groups -OCH3 is 1. The van der Waals surface area contributed by atoms with Crippen molar-refractivity contribution in [2.75, 3.05) is 7.11 Å². The van der Waals surface area contributed by atoms with Crippen LogP contribution in [0.2, 0.25) is 0 Å². The fourth-order valence-corrected chi connectivity index (χ4v) is 3.21. The minimum atomic E-state index is -0.399. The van der Waals surface area contributed by atoms with Crippen LogP contribution in [0.25, 0.3) is 11.1 Å². The lowest BCUT2D eigenvalue weighted by molar-refractivity contribution is 0.0950. The number of nitrogens with one attached hydrogen (secondary N) is 1. The van der Waals surface area contributed by atoms with Gasteiger partial charge in [0.15, 0.2) is 16.5 Å². The van der Waals surface area contributed by atoms with Crippen LogP contribution in [0.4, 0.5) is 4.39 Å². The van der Waals surface area contributed by atoms with Crippen LogP contribution in [0.1, 0.15) is 25.9 Å². The molecule has 1 heterocycles. The number of hydrogen-bond donors (Lipinski definition) is 2. The highest BCUT2D eigenvalue weighted by Gasteiger charge is 2.14. The maximum absolute atomic E-state index is 12.9. The summed E-state index contributed by atoms with van der Waals surface area (Å²) in [4.78, 5) is 12.2. The van der Waals surface area contributed by atoms with Gasteiger partial charge in [0.05, 0.1) is 12.1 Å². The number of aromatic hydroxyl groups is 1. The molecule has 28 heavy (non-hydrogen) atoms. The topological polar surface area (TPSA) is 84.3 Å². The number of aromatic nitrogens is 2. The fourth-order valence-electron chi connectivity index (χ4n) is 2.26. The summed E-state index contributed by atoms with van der Waals surface area (Å²) in [5.41, 5.74) is 1.45. The molecule has 3 aromatic rings. The minimum Gasteiger partial charge on any atom is -0.504 e. The van der Waals surface area contributed by atoms with Gasteiger partial charge < -0.3 is 15.2 Å². The Morgan fingerprint density at radius 2 is 1.96 bits per heavy atom. The number of phenols is 1. The molecular weight excluding hydrogens is 405 g/mol. The molecule has 0 radical (unpaired) electrons. The molecule has 3 rings (SSSR count). The number of rotatable bonds is 6. The lowest BCUT2D eigenvalue weighted by Crippen LogP contribution is -2.22. The smallest absolute Gasteiger partial charge is 0.282 e. The Morgan fingerprint density at radius 3 is 2.68 bits per heavy atom. The van der Waals surface area contributed by atoms with E-state index in [1.54, 1.807) is 30.3 Å². The predicted molar refractivity (Wildman–Crippen MR) is 106 cm³/mol. The molecule has 6 nitrogen and oxygen atoms in total. The number of carbonyl (C=O) groups is 1. The Labute approximate surface area is 169 Å². The van der Waals surface area contributed by atoms with Crippen LogP contribution < -0.4 is 10.1 Å². The third-order valence-corrected chi connectivity index (χ3v) is 5.04. The van der Waals surface area contributed by atoms with Crippen LogP contribution >= 0.6 is 22.9 Å². The maximum atomic E-state index is 12.9. The van der Waals surface area contributed by atoms with E-state index in [1.807, 2.05) is 0 Å². The zero-order chi connectivity index (χ0) is 20.1. The number of halogens is 2. The van der Waals surface area contributed by atoms with E-state index in [4.69, 9.17) is 16.3 Å². The fraction of sp³-hybridized carbons (Fsp3) is 0.105. The van der Waals surface area contributed by atoms with Crippen LogP contribution in [0.3, 0.4) is 0 Å². The average molecular weight is 420 g/mol. The Hall–Kier alpha value is -2.97. The lowest BCUT2D eigenvalue weighted by Gasteiger charge is -2.04. The first-order chi connectivity index (χ1) is 13.5. The predicted octanol–water partition coefficient (Wildman–Crippen LogP) is 4.06. The van der Waals surface area contributed by atoms with Crippen LogP contribution in [0, 0.1) is 5.82 Å². The third kappa shape index (κ3) is 4.85. The third-order valence-electron chi connectivity index (χ3n) is 3.69. The number of nitrogens with zero attached hydrogens (tertiary/aromatic N) is 2. The molecular formula is C19H15ClFN3O3S. The van der Waals surface area contributed by atoms with Crippen molar-refractivity contribution < 1.29 is 19.0 Å². The van der Waals surface area contributed by atoms with Gasteiger partial charge >= 0.3 is 0 Å². The van der Waals surface area contributed by atoms with Gasteiger partial charge in [0.25, 0.3) is 5.91 Å². The molecule has 144 valence electrons. The van der Waals surface area contributed by atoms with E-state index in [0.717, 1.165) is 16.9 Å². The first-order valence-electron chi connectivity index (χ1n) is 8.07. The van der Waals surface area contributed by atoms with Crippen molar-refractivity contribution in [2.24, 2.45) is 0 Å². The summed E-state index contributed by atoms with van der Waals surface area (Å²) in [6.07, 6.45) is 1.63. The van der Waals surface area contributed by atoms with E-state index in [-0.39, 0.29) is 23.1 Å². The molecule has 0 spiro atoms. The molecule has 0 fully saturated rings. The Kier molecular flexibility index (Phi) is 6.23. The number of hydrogen-bond acceptors (Lipinski definition) is 6. The van der Waals surface area contributed by atoms with Crippen LogP contribution in [0.15, 0.2) is 42.5 Å². The molecule has 1 aromatic heterocycles. The molecule has 0 unspecified atom stereocenters. The number of benzene rings is 2. The van der Waals surface area contributed by atoms with Crippen LogP contribution in [-0.2, 0) is 6.54 Å². The van der Waals surface area contributed by atoms with Crippen molar-refractivity contribution >= 4 is 40.0 Å². The molecule has 9 heteroatoms. The summed E-state index contributed by atoms with van der Waals surface area (Å²) in [6, 6.07) is 10.6. The highest BCUT2D eigenvalue weighted by molar-refractivity contribution is 7.15. The van der Waals surface area contributed by atoms with Crippen molar-refractivity contribution in [3.8, 4) is 11.5 Å². The quantitative estimate of drug-likeness (QED) is 0.629. The van der Waals surface area contributed by atoms with E-state index in [1.165, 1.54) is 25.3 Å². The Bertz CT molecular complexity index is 1020. The van der Waals surface area contributed by atoms with Gasteiger partial charge in [-0.15, -0.1) is 10.2 Å². The molecule has 2 N–H and O–H groups in total. The summed E-state index contributed by atoms with van der Waals surface area (Å²) in [7, 11) is 1.45. The van der Waals surface area contributed by atoms with Crippen molar-refractivity contribution in [1.29, 1.82) is 0 Å². The highest BCUT2D eigenvalue weighted by Crippen LogP contribution is 2.30. The summed E-state index contributed by atoms with van der Waals surface area (Å²) in [5, 5.41) is 21.0. The molecule has 0 aliphatic rings. The lowest BCUT2D eigenvalue weighted by atomic mass is 10.2. The van der Waals surface area contributed by atoms with E-state index < -0.39 is 5.91 Å². The van der Waals surface area contributed by atoms with Gasteiger partial charge in [-0.3, -0.25) is 4.79 Å². The van der Waals surface area contributed by atoms with Gasteiger partial charge in [-0.05, 0) is 41.5 Å². The largest absolute Gasteiger partial charge is 0.504 e. The molecule has 0 saturated heterocycles. The second-order valence-corrected chi connectivity index (χ2v) is 7.03. The number of ether oxygens (including phenoxy) is 1. The van der Waals surface area contributed by atoms with Gasteiger partial charge in [-0.25, -0.2) is 4.39 Å². The van der Waals surface area contributed by atoms with Gasteiger partial charge in [-0.1, -0.05) is 41.1 Å². The molecule has 1 amide bonds. The second kappa shape index (κ2) is 8.81. The van der Waals surface area contributed by atoms with E-state index in [0.29, 0.717) is 21.4 Å². The molecule has 0 aliphatic heterocycles. The number of phenolic OH excluding ortho intramolecular Hbond substituents is 1. The van der Waals surface area contributed by atoms with Gasteiger partial charge in [-0.2, -0.15) is 0 Å².